The van der Waals surface area contributed by atoms with E-state index in [9.17, 15) is 14.4 Å². The summed E-state index contributed by atoms with van der Waals surface area (Å²) in [7, 11) is 1.61. The van der Waals surface area contributed by atoms with E-state index in [0.29, 0.717) is 32.6 Å². The van der Waals surface area contributed by atoms with Crippen molar-refractivity contribution in [2.75, 3.05) is 26.9 Å². The van der Waals surface area contributed by atoms with E-state index >= 15 is 0 Å². The molecule has 154 valence electrons. The monoisotopic (exact) mass is 399 g/mol. The van der Waals surface area contributed by atoms with Crippen LogP contribution in [-0.4, -0.2) is 53.4 Å². The third kappa shape index (κ3) is 5.64. The summed E-state index contributed by atoms with van der Waals surface area (Å²) < 4.78 is 6.50. The number of aryl methyl sites for hydroxylation is 1. The van der Waals surface area contributed by atoms with E-state index in [1.807, 2.05) is 24.3 Å². The van der Waals surface area contributed by atoms with Crippen LogP contribution in [0, 0.1) is 0 Å². The van der Waals surface area contributed by atoms with Gasteiger partial charge >= 0.3 is 0 Å². The van der Waals surface area contributed by atoms with Gasteiger partial charge < -0.3 is 15.0 Å². The van der Waals surface area contributed by atoms with Crippen LogP contribution in [0.3, 0.4) is 0 Å². The summed E-state index contributed by atoms with van der Waals surface area (Å²) in [5.74, 6) is 0.471. The lowest BCUT2D eigenvalue weighted by atomic mass is 10.0. The van der Waals surface area contributed by atoms with Crippen LogP contribution in [0.4, 0.5) is 0 Å². The van der Waals surface area contributed by atoms with Crippen molar-refractivity contribution in [2.45, 2.75) is 25.4 Å². The van der Waals surface area contributed by atoms with E-state index in [0.717, 1.165) is 11.3 Å². The van der Waals surface area contributed by atoms with E-state index < -0.39 is 0 Å². The van der Waals surface area contributed by atoms with Crippen LogP contribution < -0.4 is 20.9 Å². The van der Waals surface area contributed by atoms with E-state index in [4.69, 9.17) is 4.74 Å². The second-order valence-electron chi connectivity index (χ2n) is 6.77. The van der Waals surface area contributed by atoms with Crippen LogP contribution in [0.15, 0.2) is 47.4 Å². The molecule has 3 rings (SSSR count). The number of carbonyl (C=O) groups is 2. The predicted octanol–water partition coefficient (Wildman–Crippen LogP) is 0.279. The van der Waals surface area contributed by atoms with Crippen LogP contribution in [0.2, 0.25) is 0 Å². The third-order valence-corrected chi connectivity index (χ3v) is 4.77. The number of hydrogen-bond acceptors (Lipinski definition) is 6. The minimum Gasteiger partial charge on any atom is -0.497 e. The van der Waals surface area contributed by atoms with Crippen molar-refractivity contribution >= 4 is 11.8 Å². The molecular formula is C20H25N5O4. The first-order valence-electron chi connectivity index (χ1n) is 9.51. The Labute approximate surface area is 168 Å². The van der Waals surface area contributed by atoms with Crippen molar-refractivity contribution in [2.24, 2.45) is 0 Å². The lowest BCUT2D eigenvalue weighted by Gasteiger charge is -2.32. The van der Waals surface area contributed by atoms with E-state index in [1.54, 1.807) is 19.4 Å². The summed E-state index contributed by atoms with van der Waals surface area (Å²) in [6, 6.07) is 10.5. The maximum atomic E-state index is 12.4. The van der Waals surface area contributed by atoms with Gasteiger partial charge in [0.1, 0.15) is 12.3 Å². The summed E-state index contributed by atoms with van der Waals surface area (Å²) in [6.07, 6.45) is 2.42. The smallest absolute Gasteiger partial charge is 0.266 e. The molecule has 0 saturated carbocycles. The Hall–Kier alpha value is -3.20. The van der Waals surface area contributed by atoms with Crippen LogP contribution in [0.25, 0.3) is 0 Å². The number of aromatic nitrogens is 2. The molecule has 1 aliphatic rings. The average Bonchev–Trinajstić information content (AvgIpc) is 2.74. The van der Waals surface area contributed by atoms with Gasteiger partial charge in [0.2, 0.25) is 11.8 Å². The fourth-order valence-corrected chi connectivity index (χ4v) is 3.14. The van der Waals surface area contributed by atoms with E-state index in [1.165, 1.54) is 15.6 Å². The zero-order valence-electron chi connectivity index (χ0n) is 16.3. The molecule has 1 aromatic heterocycles. The summed E-state index contributed by atoms with van der Waals surface area (Å²) in [5.41, 5.74) is 0.836. The number of benzene rings is 1. The van der Waals surface area contributed by atoms with Crippen molar-refractivity contribution in [3.05, 3.63) is 58.5 Å². The van der Waals surface area contributed by atoms with Crippen LogP contribution >= 0.6 is 0 Å². The highest BCUT2D eigenvalue weighted by Crippen LogP contribution is 2.23. The first-order valence-corrected chi connectivity index (χ1v) is 9.51. The van der Waals surface area contributed by atoms with Gasteiger partial charge in [-0.2, -0.15) is 5.10 Å². The maximum Gasteiger partial charge on any atom is 0.266 e. The summed E-state index contributed by atoms with van der Waals surface area (Å²) in [5, 5.41) is 10.0. The van der Waals surface area contributed by atoms with Crippen molar-refractivity contribution in [3.63, 3.8) is 0 Å². The topological polar surface area (TPSA) is 106 Å². The highest BCUT2D eigenvalue weighted by Gasteiger charge is 2.27. The second kappa shape index (κ2) is 9.83. The molecular weight excluding hydrogens is 374 g/mol. The Morgan fingerprint density at radius 1 is 1.28 bits per heavy atom. The van der Waals surface area contributed by atoms with Gasteiger partial charge in [-0.3, -0.25) is 19.7 Å². The molecule has 1 aliphatic heterocycles. The molecule has 9 nitrogen and oxygen atoms in total. The molecule has 0 bridgehead atoms. The fraction of sp³-hybridized carbons (Fsp3) is 0.400. The van der Waals surface area contributed by atoms with Crippen LogP contribution in [0.5, 0.6) is 5.75 Å². The number of amides is 2. The molecule has 2 amide bonds. The molecule has 1 atom stereocenters. The van der Waals surface area contributed by atoms with Crippen LogP contribution in [0.1, 0.15) is 24.4 Å². The SMILES string of the molecule is COc1ccc(C2CC(=O)N(CC(=O)NCCCn3ncccc3=O)CN2)cc1. The van der Waals surface area contributed by atoms with Gasteiger partial charge in [0.05, 0.1) is 13.8 Å². The number of carbonyl (C=O) groups excluding carboxylic acids is 2. The highest BCUT2D eigenvalue weighted by molar-refractivity contribution is 5.85. The Morgan fingerprint density at radius 2 is 2.07 bits per heavy atom. The van der Waals surface area contributed by atoms with E-state index in [2.05, 4.69) is 15.7 Å². The van der Waals surface area contributed by atoms with Gasteiger partial charge in [0, 0.05) is 37.8 Å². The molecule has 1 fully saturated rings. The molecule has 1 unspecified atom stereocenters. The zero-order chi connectivity index (χ0) is 20.6. The Morgan fingerprint density at radius 3 is 2.76 bits per heavy atom. The molecule has 29 heavy (non-hydrogen) atoms. The molecule has 1 saturated heterocycles. The molecule has 0 radical (unpaired) electrons. The van der Waals surface area contributed by atoms with Gasteiger partial charge in [-0.25, -0.2) is 4.68 Å². The first kappa shape index (κ1) is 20.5. The molecule has 0 spiro atoms. The third-order valence-electron chi connectivity index (χ3n) is 4.77. The predicted molar refractivity (Wildman–Crippen MR) is 106 cm³/mol. The molecule has 2 N–H and O–H groups in total. The highest BCUT2D eigenvalue weighted by atomic mass is 16.5. The molecule has 1 aromatic carbocycles. The average molecular weight is 399 g/mol. The van der Waals surface area contributed by atoms with E-state index in [-0.39, 0.29) is 30.0 Å². The first-order chi connectivity index (χ1) is 14.1. The standard InChI is InChI=1S/C20H25N5O4/c1-29-16-7-5-15(6-8-16)17-12-20(28)24(14-22-17)13-18(26)21-9-3-11-25-19(27)4-2-10-23-25/h2,4-8,10,17,22H,3,9,11-14H2,1H3,(H,21,26). The van der Waals surface area contributed by atoms with Gasteiger partial charge in [-0.1, -0.05) is 12.1 Å². The lowest BCUT2D eigenvalue weighted by molar-refractivity contribution is -0.139. The second-order valence-corrected chi connectivity index (χ2v) is 6.77. The molecule has 9 heteroatoms. The van der Waals surface area contributed by atoms with Gasteiger partial charge in [0.25, 0.3) is 5.56 Å². The summed E-state index contributed by atoms with van der Waals surface area (Å²) >= 11 is 0. The molecule has 0 aliphatic carbocycles. The number of hydrogen-bond donors (Lipinski definition) is 2. The van der Waals surface area contributed by atoms with Crippen LogP contribution in [-0.2, 0) is 16.1 Å². The van der Waals surface area contributed by atoms with Gasteiger partial charge in [-0.15, -0.1) is 0 Å². The minimum atomic E-state index is -0.226. The van der Waals surface area contributed by atoms with Gasteiger partial charge in [0.15, 0.2) is 0 Å². The largest absolute Gasteiger partial charge is 0.497 e. The van der Waals surface area contributed by atoms with Crippen molar-refractivity contribution in [1.29, 1.82) is 0 Å². The lowest BCUT2D eigenvalue weighted by Crippen LogP contribution is -2.50. The fourth-order valence-electron chi connectivity index (χ4n) is 3.14. The molecule has 2 heterocycles. The van der Waals surface area contributed by atoms with Crippen molar-refractivity contribution in [1.82, 2.24) is 25.3 Å². The number of nitrogens with zero attached hydrogens (tertiary/aromatic N) is 3. The minimum absolute atomic E-state index is 0.00466. The number of nitrogens with one attached hydrogen (secondary N) is 2. The summed E-state index contributed by atoms with van der Waals surface area (Å²) in [6.45, 7) is 1.15. The van der Waals surface area contributed by atoms with Gasteiger partial charge in [-0.05, 0) is 30.2 Å². The normalized spacial score (nSPS) is 16.5. The Balaban J connectivity index is 1.40. The molecule has 2 aromatic rings. The van der Waals surface area contributed by atoms with Crippen molar-refractivity contribution < 1.29 is 14.3 Å². The quantitative estimate of drug-likeness (QED) is 0.618. The summed E-state index contributed by atoms with van der Waals surface area (Å²) in [4.78, 5) is 37.6. The number of ether oxygens (including phenoxy) is 1. The Kier molecular flexibility index (Phi) is 6.96. The Bertz CT molecular complexity index is 896. The number of rotatable bonds is 8. The van der Waals surface area contributed by atoms with Crippen molar-refractivity contribution in [3.8, 4) is 5.75 Å². The zero-order valence-corrected chi connectivity index (χ0v) is 16.3. The maximum absolute atomic E-state index is 12.4. The number of methoxy groups -OCH3 is 1.